The van der Waals surface area contributed by atoms with Crippen molar-refractivity contribution in [3.8, 4) is 11.1 Å². The molecule has 0 bridgehead atoms. The second kappa shape index (κ2) is 12.7. The van der Waals surface area contributed by atoms with Crippen LogP contribution in [0.2, 0.25) is 0 Å². The van der Waals surface area contributed by atoms with Crippen LogP contribution >= 0.6 is 0 Å². The van der Waals surface area contributed by atoms with Crippen molar-refractivity contribution in [3.05, 3.63) is 90.5 Å². The Bertz CT molecular complexity index is 1080. The van der Waals surface area contributed by atoms with E-state index in [1.807, 2.05) is 25.1 Å². The van der Waals surface area contributed by atoms with Gasteiger partial charge in [0.15, 0.2) is 0 Å². The average molecular weight is 485 g/mol. The number of carbonyl (C=O) groups is 1. The summed E-state index contributed by atoms with van der Waals surface area (Å²) in [4.78, 5) is 18.3. The summed E-state index contributed by atoms with van der Waals surface area (Å²) in [6.07, 6.45) is 3.40. The van der Waals surface area contributed by atoms with Crippen LogP contribution in [0.1, 0.15) is 45.1 Å². The third-order valence-electron chi connectivity index (χ3n) is 7.53. The van der Waals surface area contributed by atoms with E-state index in [0.29, 0.717) is 6.61 Å². The van der Waals surface area contributed by atoms with Crippen molar-refractivity contribution in [1.82, 2.24) is 4.90 Å². The van der Waals surface area contributed by atoms with Gasteiger partial charge in [0.2, 0.25) is 0 Å². The molecule has 0 spiro atoms. The summed E-state index contributed by atoms with van der Waals surface area (Å²) in [6.45, 7) is 9.78. The molecule has 1 atom stereocenters. The van der Waals surface area contributed by atoms with Crippen LogP contribution in [0.15, 0.2) is 84.9 Å². The molecule has 1 heterocycles. The van der Waals surface area contributed by atoms with Crippen LogP contribution in [0.5, 0.6) is 0 Å². The van der Waals surface area contributed by atoms with E-state index >= 15 is 0 Å². The second-order valence-corrected chi connectivity index (χ2v) is 9.79. The minimum absolute atomic E-state index is 0.0684. The predicted octanol–water partition coefficient (Wildman–Crippen LogP) is 6.56. The highest BCUT2D eigenvalue weighted by atomic mass is 16.5. The van der Waals surface area contributed by atoms with Crippen molar-refractivity contribution in [2.24, 2.45) is 0 Å². The lowest BCUT2D eigenvalue weighted by Gasteiger charge is -2.37. The first kappa shape index (κ1) is 26.0. The average Bonchev–Trinajstić information content (AvgIpc) is 2.95. The van der Waals surface area contributed by atoms with Crippen LogP contribution < -0.4 is 4.90 Å². The Labute approximate surface area is 216 Å². The Hall–Kier alpha value is -3.11. The van der Waals surface area contributed by atoms with E-state index in [0.717, 1.165) is 64.0 Å². The maximum absolute atomic E-state index is 13.2. The highest BCUT2D eigenvalue weighted by molar-refractivity contribution is 5.83. The molecule has 0 radical (unpaired) electrons. The van der Waals surface area contributed by atoms with Gasteiger partial charge in [-0.05, 0) is 61.1 Å². The molecule has 1 aliphatic rings. The first-order chi connectivity index (χ1) is 17.7. The number of anilines is 1. The molecule has 1 fully saturated rings. The Morgan fingerprint density at radius 1 is 0.833 bits per heavy atom. The van der Waals surface area contributed by atoms with Gasteiger partial charge in [0.05, 0.1) is 12.0 Å². The summed E-state index contributed by atoms with van der Waals surface area (Å²) in [5.41, 5.74) is 4.34. The number of carbonyl (C=O) groups excluding carboxylic acids is 1. The molecule has 0 saturated carbocycles. The van der Waals surface area contributed by atoms with E-state index in [1.165, 1.54) is 16.8 Å². The van der Waals surface area contributed by atoms with Crippen LogP contribution in [0.4, 0.5) is 5.69 Å². The zero-order valence-electron chi connectivity index (χ0n) is 21.9. The molecule has 4 heteroatoms. The van der Waals surface area contributed by atoms with Gasteiger partial charge in [0.1, 0.15) is 0 Å². The molecule has 0 amide bonds. The van der Waals surface area contributed by atoms with E-state index in [9.17, 15) is 4.79 Å². The summed E-state index contributed by atoms with van der Waals surface area (Å²) in [7, 11) is 0. The lowest BCUT2D eigenvalue weighted by molar-refractivity contribution is -0.151. The first-order valence-corrected chi connectivity index (χ1v) is 13.5. The summed E-state index contributed by atoms with van der Waals surface area (Å²) in [6, 6.07) is 29.7. The fraction of sp³-hybridized carbons (Fsp3) is 0.406. The van der Waals surface area contributed by atoms with Gasteiger partial charge in [-0.1, -0.05) is 86.6 Å². The fourth-order valence-electron chi connectivity index (χ4n) is 5.33. The molecule has 36 heavy (non-hydrogen) atoms. The van der Waals surface area contributed by atoms with Gasteiger partial charge in [-0.25, -0.2) is 0 Å². The van der Waals surface area contributed by atoms with E-state index in [-0.39, 0.29) is 5.97 Å². The van der Waals surface area contributed by atoms with E-state index in [1.54, 1.807) is 0 Å². The minimum atomic E-state index is -0.559. The van der Waals surface area contributed by atoms with Gasteiger partial charge in [-0.2, -0.15) is 0 Å². The van der Waals surface area contributed by atoms with Crippen LogP contribution in [0.3, 0.4) is 0 Å². The molecular formula is C32H40N2O2. The number of esters is 1. The molecule has 0 aromatic heterocycles. The molecular weight excluding hydrogens is 444 g/mol. The maximum atomic E-state index is 13.2. The van der Waals surface area contributed by atoms with Crippen LogP contribution in [0.25, 0.3) is 11.1 Å². The molecule has 1 saturated heterocycles. The number of benzene rings is 3. The van der Waals surface area contributed by atoms with E-state index in [4.69, 9.17) is 4.74 Å². The normalized spacial score (nSPS) is 15.9. The maximum Gasteiger partial charge on any atom is 0.316 e. The van der Waals surface area contributed by atoms with Crippen LogP contribution in [0, 0.1) is 0 Å². The lowest BCUT2D eigenvalue weighted by atomic mass is 9.74. The number of ether oxygens (including phenoxy) is 1. The SMILES string of the molecule is CCCOC(=O)C(CC)(CCCN1CCN(c2cccc(-c3ccccc3)c2)CC1)c1ccccc1. The fourth-order valence-corrected chi connectivity index (χ4v) is 5.33. The summed E-state index contributed by atoms with van der Waals surface area (Å²) in [5, 5.41) is 0. The molecule has 0 N–H and O–H groups in total. The Kier molecular flexibility index (Phi) is 9.18. The highest BCUT2D eigenvalue weighted by Crippen LogP contribution is 2.35. The van der Waals surface area contributed by atoms with Crippen LogP contribution in [-0.4, -0.2) is 50.2 Å². The van der Waals surface area contributed by atoms with Crippen molar-refractivity contribution in [2.75, 3.05) is 44.2 Å². The summed E-state index contributed by atoms with van der Waals surface area (Å²) in [5.74, 6) is -0.0684. The van der Waals surface area contributed by atoms with Gasteiger partial charge in [0, 0.05) is 31.9 Å². The third kappa shape index (κ3) is 6.17. The van der Waals surface area contributed by atoms with Gasteiger partial charge >= 0.3 is 5.97 Å². The van der Waals surface area contributed by atoms with Gasteiger partial charge in [-0.15, -0.1) is 0 Å². The number of hydrogen-bond donors (Lipinski definition) is 0. The molecule has 1 unspecified atom stereocenters. The van der Waals surface area contributed by atoms with Crippen molar-refractivity contribution < 1.29 is 9.53 Å². The minimum Gasteiger partial charge on any atom is -0.465 e. The molecule has 1 aliphatic heterocycles. The number of piperazine rings is 1. The zero-order valence-corrected chi connectivity index (χ0v) is 21.9. The molecule has 3 aromatic carbocycles. The van der Waals surface area contributed by atoms with E-state index in [2.05, 4.69) is 83.5 Å². The number of rotatable bonds is 11. The molecule has 190 valence electrons. The lowest BCUT2D eigenvalue weighted by Crippen LogP contribution is -2.47. The Morgan fingerprint density at radius 3 is 2.17 bits per heavy atom. The molecule has 0 aliphatic carbocycles. The van der Waals surface area contributed by atoms with Crippen molar-refractivity contribution in [2.45, 2.75) is 44.9 Å². The van der Waals surface area contributed by atoms with Gasteiger partial charge in [-0.3, -0.25) is 9.69 Å². The van der Waals surface area contributed by atoms with Crippen molar-refractivity contribution in [3.63, 3.8) is 0 Å². The van der Waals surface area contributed by atoms with Gasteiger partial charge in [0.25, 0.3) is 0 Å². The van der Waals surface area contributed by atoms with E-state index < -0.39 is 5.41 Å². The first-order valence-electron chi connectivity index (χ1n) is 13.5. The topological polar surface area (TPSA) is 32.8 Å². The van der Waals surface area contributed by atoms with Crippen molar-refractivity contribution in [1.29, 1.82) is 0 Å². The standard InChI is InChI=1S/C32H40N2O2/c1-3-25-36-31(35)32(4-2,29-16-9-6-10-17-29)19-12-20-33-21-23-34(24-22-33)30-18-11-15-28(26-30)27-13-7-5-8-14-27/h5-11,13-18,26H,3-4,12,19-25H2,1-2H3. The van der Waals surface area contributed by atoms with Crippen LogP contribution in [-0.2, 0) is 14.9 Å². The molecule has 4 rings (SSSR count). The number of nitrogens with zero attached hydrogens (tertiary/aromatic N) is 2. The van der Waals surface area contributed by atoms with Gasteiger partial charge < -0.3 is 9.64 Å². The molecule has 3 aromatic rings. The Balaban J connectivity index is 1.34. The Morgan fingerprint density at radius 2 is 1.50 bits per heavy atom. The summed E-state index contributed by atoms with van der Waals surface area (Å²) < 4.78 is 5.69. The largest absolute Gasteiger partial charge is 0.465 e. The van der Waals surface area contributed by atoms with Crippen molar-refractivity contribution >= 4 is 11.7 Å². The molecule has 4 nitrogen and oxygen atoms in total. The quantitative estimate of drug-likeness (QED) is 0.289. The number of hydrogen-bond acceptors (Lipinski definition) is 4. The monoisotopic (exact) mass is 484 g/mol. The predicted molar refractivity (Wildman–Crippen MR) is 149 cm³/mol. The highest BCUT2D eigenvalue weighted by Gasteiger charge is 2.39. The third-order valence-corrected chi connectivity index (χ3v) is 7.53. The summed E-state index contributed by atoms with van der Waals surface area (Å²) >= 11 is 0. The second-order valence-electron chi connectivity index (χ2n) is 9.79. The zero-order chi connectivity index (χ0) is 25.2. The smallest absolute Gasteiger partial charge is 0.316 e.